The zero-order valence-electron chi connectivity index (χ0n) is 10.9. The van der Waals surface area contributed by atoms with Gasteiger partial charge in [-0.1, -0.05) is 0 Å². The Morgan fingerprint density at radius 1 is 1.11 bits per heavy atom. The van der Waals surface area contributed by atoms with E-state index in [4.69, 9.17) is 9.72 Å². The molecule has 2 aliphatic rings. The minimum atomic E-state index is 0.769. The van der Waals surface area contributed by atoms with Crippen LogP contribution in [0.2, 0.25) is 0 Å². The quantitative estimate of drug-likeness (QED) is 0.838. The van der Waals surface area contributed by atoms with Crippen molar-refractivity contribution in [3.05, 3.63) is 11.3 Å². The Bertz CT molecular complexity index is 429. The van der Waals surface area contributed by atoms with Gasteiger partial charge >= 0.3 is 0 Å². The van der Waals surface area contributed by atoms with Gasteiger partial charge in [-0.15, -0.1) is 0 Å². The Morgan fingerprint density at radius 3 is 2.67 bits per heavy atom. The van der Waals surface area contributed by atoms with Gasteiger partial charge in [-0.25, -0.2) is 4.98 Å². The summed E-state index contributed by atoms with van der Waals surface area (Å²) in [7, 11) is 1.70. The number of nitrogens with zero attached hydrogens (tertiary/aromatic N) is 3. The summed E-state index contributed by atoms with van der Waals surface area (Å²) in [5, 5.41) is 3.40. The van der Waals surface area contributed by atoms with E-state index in [0.717, 1.165) is 56.5 Å². The van der Waals surface area contributed by atoms with Crippen molar-refractivity contribution in [2.75, 3.05) is 38.2 Å². The van der Waals surface area contributed by atoms with Gasteiger partial charge in [-0.05, 0) is 25.8 Å². The number of fused-ring (bicyclic) bond motifs is 1. The summed E-state index contributed by atoms with van der Waals surface area (Å²) in [4.78, 5) is 11.6. The maximum absolute atomic E-state index is 5.46. The number of methoxy groups -OCH3 is 1. The van der Waals surface area contributed by atoms with Crippen LogP contribution >= 0.6 is 0 Å². The maximum Gasteiger partial charge on any atom is 0.228 e. The molecule has 0 saturated carbocycles. The number of ether oxygens (including phenoxy) is 1. The number of aromatic nitrogens is 2. The van der Waals surface area contributed by atoms with Gasteiger partial charge in [0.05, 0.1) is 12.8 Å². The third-order valence-corrected chi connectivity index (χ3v) is 3.72. The van der Waals surface area contributed by atoms with Crippen LogP contribution in [0.15, 0.2) is 0 Å². The van der Waals surface area contributed by atoms with E-state index in [9.17, 15) is 0 Å². The number of rotatable bonds is 2. The molecular formula is C13H20N4O. The van der Waals surface area contributed by atoms with E-state index in [0.29, 0.717) is 0 Å². The molecule has 18 heavy (non-hydrogen) atoms. The van der Waals surface area contributed by atoms with Crippen LogP contribution < -0.4 is 15.0 Å². The van der Waals surface area contributed by atoms with E-state index < -0.39 is 0 Å². The van der Waals surface area contributed by atoms with E-state index in [2.05, 4.69) is 15.2 Å². The molecule has 1 N–H and O–H groups in total. The third-order valence-electron chi connectivity index (χ3n) is 3.72. The van der Waals surface area contributed by atoms with Gasteiger partial charge in [-0.3, -0.25) is 0 Å². The highest BCUT2D eigenvalue weighted by Gasteiger charge is 2.21. The van der Waals surface area contributed by atoms with Crippen molar-refractivity contribution in [2.45, 2.75) is 25.7 Å². The third kappa shape index (κ3) is 2.14. The van der Waals surface area contributed by atoms with E-state index in [1.54, 1.807) is 7.11 Å². The topological polar surface area (TPSA) is 50.3 Å². The average Bonchev–Trinajstić information content (AvgIpc) is 2.83. The SMILES string of the molecule is COc1nc(N2CCCC2)nc2c1CCNCC2. The normalized spacial score (nSPS) is 19.5. The van der Waals surface area contributed by atoms with Crippen LogP contribution in [-0.2, 0) is 12.8 Å². The van der Waals surface area contributed by atoms with Crippen LogP contribution in [0.1, 0.15) is 24.1 Å². The second kappa shape index (κ2) is 5.10. The van der Waals surface area contributed by atoms with Gasteiger partial charge in [0.15, 0.2) is 0 Å². The number of hydrogen-bond acceptors (Lipinski definition) is 5. The summed E-state index contributed by atoms with van der Waals surface area (Å²) >= 11 is 0. The largest absolute Gasteiger partial charge is 0.481 e. The molecule has 5 heteroatoms. The fourth-order valence-electron chi connectivity index (χ4n) is 2.73. The summed E-state index contributed by atoms with van der Waals surface area (Å²) in [6.07, 6.45) is 4.41. The highest BCUT2D eigenvalue weighted by atomic mass is 16.5. The Labute approximate surface area is 108 Å². The summed E-state index contributed by atoms with van der Waals surface area (Å²) in [5.41, 5.74) is 2.35. The molecule has 1 saturated heterocycles. The summed E-state index contributed by atoms with van der Waals surface area (Å²) < 4.78 is 5.46. The Hall–Kier alpha value is -1.36. The van der Waals surface area contributed by atoms with Crippen molar-refractivity contribution in [2.24, 2.45) is 0 Å². The average molecular weight is 248 g/mol. The van der Waals surface area contributed by atoms with Crippen molar-refractivity contribution in [1.82, 2.24) is 15.3 Å². The van der Waals surface area contributed by atoms with E-state index in [1.807, 2.05) is 0 Å². The lowest BCUT2D eigenvalue weighted by atomic mass is 10.1. The highest BCUT2D eigenvalue weighted by Crippen LogP contribution is 2.26. The zero-order valence-corrected chi connectivity index (χ0v) is 10.9. The summed E-state index contributed by atoms with van der Waals surface area (Å²) in [6.45, 7) is 4.11. The molecule has 2 aliphatic heterocycles. The first-order chi connectivity index (χ1) is 8.88. The molecule has 0 bridgehead atoms. The molecule has 1 fully saturated rings. The Morgan fingerprint density at radius 2 is 1.89 bits per heavy atom. The first-order valence-corrected chi connectivity index (χ1v) is 6.78. The minimum Gasteiger partial charge on any atom is -0.481 e. The van der Waals surface area contributed by atoms with Crippen LogP contribution in [0, 0.1) is 0 Å². The van der Waals surface area contributed by atoms with E-state index >= 15 is 0 Å². The van der Waals surface area contributed by atoms with Crippen molar-refractivity contribution < 1.29 is 4.74 Å². The van der Waals surface area contributed by atoms with Gasteiger partial charge in [-0.2, -0.15) is 4.98 Å². The van der Waals surface area contributed by atoms with Gasteiger partial charge in [0.2, 0.25) is 11.8 Å². The van der Waals surface area contributed by atoms with Crippen LogP contribution in [-0.4, -0.2) is 43.3 Å². The fraction of sp³-hybridized carbons (Fsp3) is 0.692. The summed E-state index contributed by atoms with van der Waals surface area (Å²) in [5.74, 6) is 1.62. The van der Waals surface area contributed by atoms with Crippen LogP contribution in [0.4, 0.5) is 5.95 Å². The van der Waals surface area contributed by atoms with Crippen molar-refractivity contribution in [3.63, 3.8) is 0 Å². The fourth-order valence-corrected chi connectivity index (χ4v) is 2.73. The molecule has 0 amide bonds. The molecular weight excluding hydrogens is 228 g/mol. The van der Waals surface area contributed by atoms with Gasteiger partial charge in [0.25, 0.3) is 0 Å². The standard InChI is InChI=1S/C13H20N4O/c1-18-12-10-4-6-14-7-5-11(10)15-13(16-12)17-8-2-3-9-17/h14H,2-9H2,1H3. The molecule has 1 aromatic heterocycles. The molecule has 0 aliphatic carbocycles. The smallest absolute Gasteiger partial charge is 0.228 e. The minimum absolute atomic E-state index is 0.769. The lowest BCUT2D eigenvalue weighted by Gasteiger charge is -2.18. The molecule has 3 rings (SSSR count). The monoisotopic (exact) mass is 248 g/mol. The van der Waals surface area contributed by atoms with Crippen LogP contribution in [0.3, 0.4) is 0 Å². The van der Waals surface area contributed by atoms with Crippen LogP contribution in [0.25, 0.3) is 0 Å². The second-order valence-electron chi connectivity index (χ2n) is 4.90. The van der Waals surface area contributed by atoms with Gasteiger partial charge < -0.3 is 15.0 Å². The lowest BCUT2D eigenvalue weighted by molar-refractivity contribution is 0.390. The molecule has 3 heterocycles. The molecule has 0 radical (unpaired) electrons. The van der Waals surface area contributed by atoms with E-state index in [1.165, 1.54) is 18.4 Å². The number of nitrogens with one attached hydrogen (secondary N) is 1. The van der Waals surface area contributed by atoms with Crippen molar-refractivity contribution in [3.8, 4) is 5.88 Å². The van der Waals surface area contributed by atoms with Crippen LogP contribution in [0.5, 0.6) is 5.88 Å². The molecule has 0 aromatic carbocycles. The number of anilines is 1. The first-order valence-electron chi connectivity index (χ1n) is 6.78. The Kier molecular flexibility index (Phi) is 3.32. The predicted octanol–water partition coefficient (Wildman–Crippen LogP) is 0.774. The molecule has 98 valence electrons. The molecule has 5 nitrogen and oxygen atoms in total. The first kappa shape index (κ1) is 11.7. The maximum atomic E-state index is 5.46. The molecule has 0 spiro atoms. The number of hydrogen-bond donors (Lipinski definition) is 1. The second-order valence-corrected chi connectivity index (χ2v) is 4.90. The molecule has 0 atom stereocenters. The highest BCUT2D eigenvalue weighted by molar-refractivity contribution is 5.41. The van der Waals surface area contributed by atoms with Crippen molar-refractivity contribution >= 4 is 5.95 Å². The Balaban J connectivity index is 1.98. The van der Waals surface area contributed by atoms with Crippen molar-refractivity contribution in [1.29, 1.82) is 0 Å². The van der Waals surface area contributed by atoms with E-state index in [-0.39, 0.29) is 0 Å². The zero-order chi connectivity index (χ0) is 12.4. The predicted molar refractivity (Wildman–Crippen MR) is 70.3 cm³/mol. The van der Waals surface area contributed by atoms with Gasteiger partial charge in [0, 0.05) is 31.6 Å². The lowest BCUT2D eigenvalue weighted by Crippen LogP contribution is -2.22. The molecule has 0 unspecified atom stereocenters. The summed E-state index contributed by atoms with van der Waals surface area (Å²) in [6, 6.07) is 0. The van der Waals surface area contributed by atoms with Gasteiger partial charge in [0.1, 0.15) is 0 Å². The molecule has 1 aromatic rings.